The van der Waals surface area contributed by atoms with Gasteiger partial charge in [0.05, 0.1) is 5.02 Å². The van der Waals surface area contributed by atoms with E-state index in [1.54, 1.807) is 0 Å². The molecule has 114 valence electrons. The molecule has 0 radical (unpaired) electrons. The van der Waals surface area contributed by atoms with E-state index in [1.807, 2.05) is 0 Å². The summed E-state index contributed by atoms with van der Waals surface area (Å²) < 4.78 is 13.2. The molecule has 0 aliphatic carbocycles. The number of rotatable bonds is 6. The van der Waals surface area contributed by atoms with Gasteiger partial charge in [0.2, 0.25) is 5.91 Å². The summed E-state index contributed by atoms with van der Waals surface area (Å²) >= 11 is 5.49. The largest absolute Gasteiger partial charge is 0.480 e. The number of hydrogen-bond acceptors (Lipinski definition) is 3. The van der Waals surface area contributed by atoms with Crippen LogP contribution in [0.2, 0.25) is 5.02 Å². The zero-order chi connectivity index (χ0) is 16.0. The van der Waals surface area contributed by atoms with Crippen molar-refractivity contribution in [2.75, 3.05) is 5.32 Å². The average molecular weight is 318 g/mol. The summed E-state index contributed by atoms with van der Waals surface area (Å²) in [4.78, 5) is 33.2. The number of primary amides is 1. The fourth-order valence-corrected chi connectivity index (χ4v) is 1.56. The lowest BCUT2D eigenvalue weighted by molar-refractivity contribution is -0.139. The average Bonchev–Trinajstić information content (AvgIpc) is 2.38. The van der Waals surface area contributed by atoms with Crippen LogP contribution in [0.1, 0.15) is 12.8 Å². The van der Waals surface area contributed by atoms with E-state index < -0.39 is 29.8 Å². The van der Waals surface area contributed by atoms with Crippen LogP contribution in [0.15, 0.2) is 18.2 Å². The molecule has 0 aromatic heterocycles. The van der Waals surface area contributed by atoms with Crippen molar-refractivity contribution in [3.8, 4) is 0 Å². The lowest BCUT2D eigenvalue weighted by Gasteiger charge is -2.14. The Morgan fingerprint density at radius 1 is 1.38 bits per heavy atom. The van der Waals surface area contributed by atoms with Crippen molar-refractivity contribution in [3.63, 3.8) is 0 Å². The summed E-state index contributed by atoms with van der Waals surface area (Å²) in [5.74, 6) is -2.71. The number of carboxylic acids is 1. The SMILES string of the molecule is NC(=O)CC[C@H](NC(=O)Nc1ccc(Cl)c(F)c1)C(=O)O. The maximum atomic E-state index is 13.2. The highest BCUT2D eigenvalue weighted by Crippen LogP contribution is 2.18. The molecular formula is C12H13ClFN3O4. The number of carbonyl (C=O) groups excluding carboxylic acids is 2. The van der Waals surface area contributed by atoms with Crippen LogP contribution in [0.5, 0.6) is 0 Å². The highest BCUT2D eigenvalue weighted by atomic mass is 35.5. The predicted octanol–water partition coefficient (Wildman–Crippen LogP) is 1.32. The minimum atomic E-state index is -1.31. The van der Waals surface area contributed by atoms with Gasteiger partial charge in [-0.25, -0.2) is 14.0 Å². The molecule has 5 N–H and O–H groups in total. The highest BCUT2D eigenvalue weighted by molar-refractivity contribution is 6.30. The van der Waals surface area contributed by atoms with Crippen molar-refractivity contribution >= 4 is 35.2 Å². The van der Waals surface area contributed by atoms with Gasteiger partial charge in [-0.1, -0.05) is 11.6 Å². The van der Waals surface area contributed by atoms with Crippen molar-refractivity contribution in [1.82, 2.24) is 5.32 Å². The molecule has 0 spiro atoms. The number of carbonyl (C=O) groups is 3. The van der Waals surface area contributed by atoms with Crippen LogP contribution in [-0.2, 0) is 9.59 Å². The Labute approximate surface area is 124 Å². The zero-order valence-corrected chi connectivity index (χ0v) is 11.5. The second kappa shape index (κ2) is 7.44. The van der Waals surface area contributed by atoms with Crippen molar-refractivity contribution in [3.05, 3.63) is 29.0 Å². The third kappa shape index (κ3) is 5.65. The standard InChI is InChI=1S/C12H13ClFN3O4/c13-7-2-1-6(5-8(7)14)16-12(21)17-9(11(19)20)3-4-10(15)18/h1-2,5,9H,3-4H2,(H2,15,18)(H,19,20)(H2,16,17,21)/t9-/m0/s1. The Morgan fingerprint density at radius 3 is 2.57 bits per heavy atom. The van der Waals surface area contributed by atoms with Gasteiger partial charge in [0.25, 0.3) is 0 Å². The second-order valence-corrected chi connectivity index (χ2v) is 4.53. The minimum Gasteiger partial charge on any atom is -0.480 e. The van der Waals surface area contributed by atoms with E-state index in [0.717, 1.165) is 6.07 Å². The zero-order valence-electron chi connectivity index (χ0n) is 10.7. The van der Waals surface area contributed by atoms with Gasteiger partial charge in [0.1, 0.15) is 11.9 Å². The third-order valence-corrected chi connectivity index (χ3v) is 2.77. The Bertz CT molecular complexity index is 567. The Balaban J connectivity index is 2.62. The van der Waals surface area contributed by atoms with Gasteiger partial charge >= 0.3 is 12.0 Å². The molecule has 0 fully saturated rings. The van der Waals surface area contributed by atoms with Crippen LogP contribution in [0.3, 0.4) is 0 Å². The molecule has 1 aromatic rings. The number of amides is 3. The quantitative estimate of drug-likeness (QED) is 0.632. The number of halogens is 2. The number of carboxylic acid groups (broad SMARTS) is 1. The minimum absolute atomic E-state index is 0.105. The van der Waals surface area contributed by atoms with Gasteiger partial charge in [-0.05, 0) is 24.6 Å². The van der Waals surface area contributed by atoms with Gasteiger partial charge < -0.3 is 21.5 Å². The monoisotopic (exact) mass is 317 g/mol. The predicted molar refractivity (Wildman–Crippen MR) is 73.4 cm³/mol. The van der Waals surface area contributed by atoms with E-state index in [9.17, 15) is 18.8 Å². The molecule has 0 saturated heterocycles. The molecule has 7 nitrogen and oxygen atoms in total. The lowest BCUT2D eigenvalue weighted by Crippen LogP contribution is -2.43. The van der Waals surface area contributed by atoms with E-state index >= 15 is 0 Å². The number of aliphatic carboxylic acids is 1. The number of nitrogens with two attached hydrogens (primary N) is 1. The summed E-state index contributed by atoms with van der Waals surface area (Å²) in [6.07, 6.45) is -0.333. The maximum Gasteiger partial charge on any atom is 0.326 e. The van der Waals surface area contributed by atoms with Gasteiger partial charge in [-0.3, -0.25) is 4.79 Å². The Hall–Kier alpha value is -2.35. The second-order valence-electron chi connectivity index (χ2n) is 4.12. The van der Waals surface area contributed by atoms with Gasteiger partial charge in [0.15, 0.2) is 0 Å². The topological polar surface area (TPSA) is 122 Å². The van der Waals surface area contributed by atoms with E-state index in [-0.39, 0.29) is 23.6 Å². The van der Waals surface area contributed by atoms with E-state index in [4.69, 9.17) is 22.4 Å². The van der Waals surface area contributed by atoms with Gasteiger partial charge in [0, 0.05) is 12.1 Å². The maximum absolute atomic E-state index is 13.2. The van der Waals surface area contributed by atoms with Gasteiger partial charge in [-0.15, -0.1) is 0 Å². The summed E-state index contributed by atoms with van der Waals surface area (Å²) in [6, 6.07) is 1.45. The van der Waals surface area contributed by atoms with Crippen LogP contribution < -0.4 is 16.4 Å². The lowest BCUT2D eigenvalue weighted by atomic mass is 10.1. The number of anilines is 1. The number of urea groups is 1. The molecule has 0 bridgehead atoms. The van der Waals surface area contributed by atoms with E-state index in [2.05, 4.69) is 10.6 Å². The molecule has 0 saturated carbocycles. The summed E-state index contributed by atoms with van der Waals surface area (Å²) in [5, 5.41) is 13.2. The summed E-state index contributed by atoms with van der Waals surface area (Å²) in [5.41, 5.74) is 5.02. The molecule has 0 heterocycles. The highest BCUT2D eigenvalue weighted by Gasteiger charge is 2.20. The molecule has 1 rings (SSSR count). The Kier molecular flexibility index (Phi) is 5.92. The fraction of sp³-hybridized carbons (Fsp3) is 0.250. The van der Waals surface area contributed by atoms with Crippen LogP contribution in [0.4, 0.5) is 14.9 Å². The first-order chi connectivity index (χ1) is 9.79. The first-order valence-electron chi connectivity index (χ1n) is 5.83. The normalized spacial score (nSPS) is 11.5. The van der Waals surface area contributed by atoms with Crippen molar-refractivity contribution in [2.24, 2.45) is 5.73 Å². The van der Waals surface area contributed by atoms with Crippen LogP contribution >= 0.6 is 11.6 Å². The van der Waals surface area contributed by atoms with Crippen LogP contribution in [-0.4, -0.2) is 29.1 Å². The molecule has 1 atom stereocenters. The molecule has 0 aliphatic rings. The summed E-state index contributed by atoms with van der Waals surface area (Å²) in [7, 11) is 0. The third-order valence-electron chi connectivity index (χ3n) is 2.46. The van der Waals surface area contributed by atoms with Crippen molar-refractivity contribution in [2.45, 2.75) is 18.9 Å². The molecule has 0 unspecified atom stereocenters. The molecule has 9 heteroatoms. The molecule has 3 amide bonds. The van der Waals surface area contributed by atoms with E-state index in [0.29, 0.717) is 0 Å². The van der Waals surface area contributed by atoms with Crippen molar-refractivity contribution in [1.29, 1.82) is 0 Å². The van der Waals surface area contributed by atoms with Gasteiger partial charge in [-0.2, -0.15) is 0 Å². The van der Waals surface area contributed by atoms with E-state index in [1.165, 1.54) is 12.1 Å². The van der Waals surface area contributed by atoms with Crippen molar-refractivity contribution < 1.29 is 23.9 Å². The smallest absolute Gasteiger partial charge is 0.326 e. The molecular weight excluding hydrogens is 305 g/mol. The number of nitrogens with one attached hydrogen (secondary N) is 2. The number of benzene rings is 1. The van der Waals surface area contributed by atoms with Crippen LogP contribution in [0, 0.1) is 5.82 Å². The molecule has 0 aliphatic heterocycles. The number of hydrogen-bond donors (Lipinski definition) is 4. The first-order valence-corrected chi connectivity index (χ1v) is 6.21. The molecule has 21 heavy (non-hydrogen) atoms. The summed E-state index contributed by atoms with van der Waals surface area (Å²) in [6.45, 7) is 0. The first kappa shape index (κ1) is 16.7. The molecule has 1 aromatic carbocycles. The van der Waals surface area contributed by atoms with Crippen LogP contribution in [0.25, 0.3) is 0 Å². The Morgan fingerprint density at radius 2 is 2.05 bits per heavy atom. The fourth-order valence-electron chi connectivity index (χ4n) is 1.44.